The molecule has 3 aromatic carbocycles. The summed E-state index contributed by atoms with van der Waals surface area (Å²) in [6.07, 6.45) is 1.45. The SMILES string of the molecule is Cc1ccccc1COc1cccc(/C=N/NC(=O)C(=O)Nc2ccc(Br)cc2)c1. The third-order valence-corrected chi connectivity index (χ3v) is 4.73. The van der Waals surface area contributed by atoms with Crippen LogP contribution in [-0.4, -0.2) is 18.0 Å². The van der Waals surface area contributed by atoms with E-state index < -0.39 is 11.8 Å². The third-order valence-electron chi connectivity index (χ3n) is 4.20. The topological polar surface area (TPSA) is 79.8 Å². The van der Waals surface area contributed by atoms with Gasteiger partial charge in [-0.15, -0.1) is 0 Å². The predicted octanol–water partition coefficient (Wildman–Crippen LogP) is 4.43. The number of hydrogen-bond donors (Lipinski definition) is 2. The molecule has 0 saturated carbocycles. The fraction of sp³-hybridized carbons (Fsp3) is 0.0870. The molecule has 0 aliphatic heterocycles. The number of halogens is 1. The number of hydrazone groups is 1. The van der Waals surface area contributed by atoms with Gasteiger partial charge in [0.1, 0.15) is 12.4 Å². The number of carbonyl (C=O) groups is 2. The number of amides is 2. The molecule has 0 unspecified atom stereocenters. The summed E-state index contributed by atoms with van der Waals surface area (Å²) in [4.78, 5) is 23.8. The van der Waals surface area contributed by atoms with Crippen LogP contribution >= 0.6 is 15.9 Å². The van der Waals surface area contributed by atoms with Crippen molar-refractivity contribution in [2.75, 3.05) is 5.32 Å². The summed E-state index contributed by atoms with van der Waals surface area (Å²) in [6, 6.07) is 22.2. The van der Waals surface area contributed by atoms with Crippen LogP contribution in [0.4, 0.5) is 5.69 Å². The maximum atomic E-state index is 11.9. The lowest BCUT2D eigenvalue weighted by Crippen LogP contribution is -2.32. The highest BCUT2D eigenvalue weighted by molar-refractivity contribution is 9.10. The summed E-state index contributed by atoms with van der Waals surface area (Å²) in [7, 11) is 0. The van der Waals surface area contributed by atoms with Gasteiger partial charge in [-0.05, 0) is 60.0 Å². The predicted molar refractivity (Wildman–Crippen MR) is 120 cm³/mol. The van der Waals surface area contributed by atoms with E-state index in [-0.39, 0.29) is 0 Å². The number of carbonyl (C=O) groups excluding carboxylic acids is 2. The lowest BCUT2D eigenvalue weighted by Gasteiger charge is -2.09. The molecule has 0 atom stereocenters. The Morgan fingerprint density at radius 3 is 2.53 bits per heavy atom. The Hall–Kier alpha value is -3.45. The van der Waals surface area contributed by atoms with Crippen LogP contribution in [-0.2, 0) is 16.2 Å². The van der Waals surface area contributed by atoms with Crippen LogP contribution < -0.4 is 15.5 Å². The highest BCUT2D eigenvalue weighted by atomic mass is 79.9. The standard InChI is InChI=1S/C23H20BrN3O3/c1-16-5-2-3-7-18(16)15-30-21-8-4-6-17(13-21)14-25-27-23(29)22(28)26-20-11-9-19(24)10-12-20/h2-14H,15H2,1H3,(H,26,28)(H,27,29)/b25-14+. The molecule has 30 heavy (non-hydrogen) atoms. The lowest BCUT2D eigenvalue weighted by atomic mass is 10.1. The van der Waals surface area contributed by atoms with Crippen LogP contribution in [0.15, 0.2) is 82.4 Å². The summed E-state index contributed by atoms with van der Waals surface area (Å²) in [5, 5.41) is 6.34. The van der Waals surface area contributed by atoms with Gasteiger partial charge in [0.05, 0.1) is 6.21 Å². The fourth-order valence-electron chi connectivity index (χ4n) is 2.56. The Morgan fingerprint density at radius 2 is 1.77 bits per heavy atom. The monoisotopic (exact) mass is 465 g/mol. The second-order valence-corrected chi connectivity index (χ2v) is 7.36. The number of anilines is 1. The number of rotatable bonds is 6. The van der Waals surface area contributed by atoms with Crippen molar-refractivity contribution in [2.45, 2.75) is 13.5 Å². The van der Waals surface area contributed by atoms with Gasteiger partial charge in [-0.2, -0.15) is 5.10 Å². The molecular weight excluding hydrogens is 446 g/mol. The average Bonchev–Trinajstić information content (AvgIpc) is 2.75. The van der Waals surface area contributed by atoms with E-state index in [2.05, 4.69) is 31.8 Å². The smallest absolute Gasteiger partial charge is 0.329 e. The van der Waals surface area contributed by atoms with E-state index in [9.17, 15) is 9.59 Å². The minimum atomic E-state index is -0.860. The van der Waals surface area contributed by atoms with Crippen LogP contribution in [0.25, 0.3) is 0 Å². The zero-order valence-electron chi connectivity index (χ0n) is 16.3. The molecule has 0 saturated heterocycles. The van der Waals surface area contributed by atoms with Gasteiger partial charge in [-0.1, -0.05) is 52.3 Å². The molecule has 3 rings (SSSR count). The molecular formula is C23H20BrN3O3. The van der Waals surface area contributed by atoms with E-state index in [0.29, 0.717) is 18.0 Å². The molecule has 0 bridgehead atoms. The van der Waals surface area contributed by atoms with Crippen LogP contribution in [0, 0.1) is 6.92 Å². The molecule has 6 nitrogen and oxygen atoms in total. The van der Waals surface area contributed by atoms with Gasteiger partial charge in [0.2, 0.25) is 0 Å². The quantitative estimate of drug-likeness (QED) is 0.321. The summed E-state index contributed by atoms with van der Waals surface area (Å²) in [5.74, 6) is -0.979. The Labute approximate surface area is 183 Å². The van der Waals surface area contributed by atoms with Gasteiger partial charge in [0.15, 0.2) is 0 Å². The van der Waals surface area contributed by atoms with Crippen LogP contribution in [0.1, 0.15) is 16.7 Å². The minimum absolute atomic E-state index is 0.459. The van der Waals surface area contributed by atoms with Crippen LogP contribution in [0.3, 0.4) is 0 Å². The molecule has 0 aromatic heterocycles. The van der Waals surface area contributed by atoms with Crippen molar-refractivity contribution < 1.29 is 14.3 Å². The molecule has 152 valence electrons. The zero-order valence-corrected chi connectivity index (χ0v) is 17.8. The Balaban J connectivity index is 1.52. The van der Waals surface area contributed by atoms with Crippen molar-refractivity contribution in [2.24, 2.45) is 5.10 Å². The van der Waals surface area contributed by atoms with E-state index >= 15 is 0 Å². The summed E-state index contributed by atoms with van der Waals surface area (Å²) in [6.45, 7) is 2.50. The number of nitrogens with zero attached hydrogens (tertiary/aromatic N) is 1. The van der Waals surface area contributed by atoms with Crippen molar-refractivity contribution >= 4 is 39.6 Å². The maximum absolute atomic E-state index is 11.9. The Bertz CT molecular complexity index is 1070. The van der Waals surface area contributed by atoms with E-state index in [1.807, 2.05) is 49.4 Å². The molecule has 0 aliphatic rings. The first-order chi connectivity index (χ1) is 14.5. The van der Waals surface area contributed by atoms with Gasteiger partial charge in [0.25, 0.3) is 0 Å². The first-order valence-electron chi connectivity index (χ1n) is 9.18. The van der Waals surface area contributed by atoms with Crippen LogP contribution in [0.2, 0.25) is 0 Å². The van der Waals surface area contributed by atoms with Gasteiger partial charge < -0.3 is 10.1 Å². The maximum Gasteiger partial charge on any atom is 0.329 e. The number of hydrogen-bond acceptors (Lipinski definition) is 4. The van der Waals surface area contributed by atoms with E-state index in [1.54, 1.807) is 30.3 Å². The molecule has 7 heteroatoms. The van der Waals surface area contributed by atoms with Crippen molar-refractivity contribution in [1.82, 2.24) is 5.43 Å². The largest absolute Gasteiger partial charge is 0.489 e. The molecule has 0 fully saturated rings. The van der Waals surface area contributed by atoms with E-state index in [4.69, 9.17) is 4.74 Å². The number of aryl methyl sites for hydroxylation is 1. The van der Waals surface area contributed by atoms with Crippen LogP contribution in [0.5, 0.6) is 5.75 Å². The molecule has 2 N–H and O–H groups in total. The van der Waals surface area contributed by atoms with Crippen molar-refractivity contribution in [1.29, 1.82) is 0 Å². The summed E-state index contributed by atoms with van der Waals surface area (Å²) < 4.78 is 6.71. The molecule has 0 spiro atoms. The van der Waals surface area contributed by atoms with Crippen molar-refractivity contribution in [3.8, 4) is 5.75 Å². The second kappa shape index (κ2) is 10.4. The number of ether oxygens (including phenoxy) is 1. The zero-order chi connectivity index (χ0) is 21.3. The summed E-state index contributed by atoms with van der Waals surface area (Å²) in [5.41, 5.74) is 5.74. The van der Waals surface area contributed by atoms with Gasteiger partial charge >= 0.3 is 11.8 Å². The average molecular weight is 466 g/mol. The van der Waals surface area contributed by atoms with Gasteiger partial charge in [-0.3, -0.25) is 9.59 Å². The molecule has 3 aromatic rings. The molecule has 0 radical (unpaired) electrons. The minimum Gasteiger partial charge on any atom is -0.489 e. The number of nitrogens with one attached hydrogen (secondary N) is 2. The molecule has 0 heterocycles. The number of benzene rings is 3. The van der Waals surface area contributed by atoms with E-state index in [1.165, 1.54) is 11.8 Å². The fourth-order valence-corrected chi connectivity index (χ4v) is 2.82. The third kappa shape index (κ3) is 6.28. The first-order valence-corrected chi connectivity index (χ1v) is 9.98. The first kappa shape index (κ1) is 21.3. The Kier molecular flexibility index (Phi) is 7.34. The Morgan fingerprint density at radius 1 is 1.00 bits per heavy atom. The van der Waals surface area contributed by atoms with Gasteiger partial charge in [-0.25, -0.2) is 5.43 Å². The molecule has 0 aliphatic carbocycles. The van der Waals surface area contributed by atoms with Crippen molar-refractivity contribution in [3.05, 3.63) is 94.0 Å². The summed E-state index contributed by atoms with van der Waals surface area (Å²) >= 11 is 3.31. The van der Waals surface area contributed by atoms with E-state index in [0.717, 1.165) is 15.6 Å². The second-order valence-electron chi connectivity index (χ2n) is 6.45. The van der Waals surface area contributed by atoms with Crippen molar-refractivity contribution in [3.63, 3.8) is 0 Å². The molecule has 2 amide bonds. The lowest BCUT2D eigenvalue weighted by molar-refractivity contribution is -0.136. The van der Waals surface area contributed by atoms with Gasteiger partial charge in [0, 0.05) is 10.2 Å². The highest BCUT2D eigenvalue weighted by Crippen LogP contribution is 2.16. The highest BCUT2D eigenvalue weighted by Gasteiger charge is 2.12. The normalized spacial score (nSPS) is 10.6.